The van der Waals surface area contributed by atoms with Crippen LogP contribution < -0.4 is 0 Å². The van der Waals surface area contributed by atoms with Crippen molar-refractivity contribution in [3.05, 3.63) is 32.9 Å². The Labute approximate surface area is 82.2 Å². The highest BCUT2D eigenvalue weighted by Crippen LogP contribution is 2.14. The van der Waals surface area contributed by atoms with Crippen molar-refractivity contribution in [3.63, 3.8) is 0 Å². The van der Waals surface area contributed by atoms with Crippen molar-refractivity contribution in [2.75, 3.05) is 0 Å². The molecule has 1 aromatic carbocycles. The molecule has 0 aliphatic rings. The predicted octanol–water partition coefficient (Wildman–Crippen LogP) is 3.42. The van der Waals surface area contributed by atoms with Crippen molar-refractivity contribution in [3.8, 4) is 0 Å². The lowest BCUT2D eigenvalue weighted by Crippen LogP contribution is -1.90. The number of hydrogen-bond donors (Lipinski definition) is 0. The van der Waals surface area contributed by atoms with Crippen LogP contribution in [-0.2, 0) is 12.8 Å². The molecule has 0 nitrogen and oxygen atoms in total. The van der Waals surface area contributed by atoms with Gasteiger partial charge in [0.05, 0.1) is 0 Å². The normalized spacial score (nSPS) is 10.1. The Balaban J connectivity index is 3.06. The van der Waals surface area contributed by atoms with E-state index in [-0.39, 0.29) is 0 Å². The third-order valence-corrected chi connectivity index (χ3v) is 2.60. The Morgan fingerprint density at radius 1 is 1.09 bits per heavy atom. The van der Waals surface area contributed by atoms with Gasteiger partial charge in [-0.3, -0.25) is 0 Å². The van der Waals surface area contributed by atoms with Gasteiger partial charge >= 0.3 is 0 Å². The second-order valence-corrected chi connectivity index (χ2v) is 3.87. The molecule has 0 unspecified atom stereocenters. The number of aryl methyl sites for hydroxylation is 2. The Bertz CT molecular complexity index is 241. The third kappa shape index (κ3) is 2.19. The largest absolute Gasteiger partial charge is 0.0613 e. The van der Waals surface area contributed by atoms with E-state index in [1.54, 1.807) is 0 Å². The monoisotopic (exact) mass is 260 g/mol. The fourth-order valence-corrected chi connectivity index (χ4v) is 1.82. The van der Waals surface area contributed by atoms with E-state index in [0.717, 1.165) is 12.8 Å². The highest BCUT2D eigenvalue weighted by molar-refractivity contribution is 14.1. The minimum atomic E-state index is 1.15. The molecule has 0 heterocycles. The number of halogens is 1. The van der Waals surface area contributed by atoms with E-state index in [1.807, 2.05) is 0 Å². The van der Waals surface area contributed by atoms with E-state index in [1.165, 1.54) is 14.7 Å². The zero-order valence-electron chi connectivity index (χ0n) is 7.02. The summed E-state index contributed by atoms with van der Waals surface area (Å²) in [6.45, 7) is 4.42. The second-order valence-electron chi connectivity index (χ2n) is 2.62. The van der Waals surface area contributed by atoms with Crippen molar-refractivity contribution in [1.82, 2.24) is 0 Å². The number of rotatable bonds is 2. The van der Waals surface area contributed by atoms with E-state index >= 15 is 0 Å². The first-order valence-electron chi connectivity index (χ1n) is 4.05. The van der Waals surface area contributed by atoms with Crippen LogP contribution in [0.15, 0.2) is 18.2 Å². The van der Waals surface area contributed by atoms with Crippen molar-refractivity contribution in [2.24, 2.45) is 0 Å². The average Bonchev–Trinajstić information content (AvgIpc) is 2.04. The summed E-state index contributed by atoms with van der Waals surface area (Å²) >= 11 is 2.36. The second kappa shape index (κ2) is 4.10. The van der Waals surface area contributed by atoms with Crippen LogP contribution in [0.25, 0.3) is 0 Å². The zero-order valence-corrected chi connectivity index (χ0v) is 9.18. The number of benzene rings is 1. The van der Waals surface area contributed by atoms with Crippen LogP contribution in [-0.4, -0.2) is 0 Å². The summed E-state index contributed by atoms with van der Waals surface area (Å²) in [5, 5.41) is 0. The van der Waals surface area contributed by atoms with Crippen LogP contribution in [0.2, 0.25) is 0 Å². The molecular formula is C10H13I. The molecule has 0 N–H and O–H groups in total. The lowest BCUT2D eigenvalue weighted by molar-refractivity contribution is 1.03. The molecule has 1 heteroatoms. The maximum Gasteiger partial charge on any atom is 0.0133 e. The predicted molar refractivity (Wildman–Crippen MR) is 57.9 cm³/mol. The standard InChI is InChI=1S/C10H13I/c1-3-8-5-6-10(11)7-9(8)4-2/h5-7H,3-4H2,1-2H3. The molecule has 0 saturated carbocycles. The summed E-state index contributed by atoms with van der Waals surface area (Å²) in [6, 6.07) is 6.69. The smallest absolute Gasteiger partial charge is 0.0133 e. The Hall–Kier alpha value is -0.0500. The molecular weight excluding hydrogens is 247 g/mol. The summed E-state index contributed by atoms with van der Waals surface area (Å²) < 4.78 is 1.34. The van der Waals surface area contributed by atoms with Crippen molar-refractivity contribution in [1.29, 1.82) is 0 Å². The van der Waals surface area contributed by atoms with E-state index in [9.17, 15) is 0 Å². The molecule has 0 atom stereocenters. The number of hydrogen-bond acceptors (Lipinski definition) is 0. The first-order valence-corrected chi connectivity index (χ1v) is 5.13. The van der Waals surface area contributed by atoms with Crippen LogP contribution in [0, 0.1) is 3.57 Å². The molecule has 0 radical (unpaired) electrons. The summed E-state index contributed by atoms with van der Waals surface area (Å²) in [7, 11) is 0. The molecule has 60 valence electrons. The summed E-state index contributed by atoms with van der Waals surface area (Å²) in [6.07, 6.45) is 2.31. The molecule has 0 aliphatic carbocycles. The van der Waals surface area contributed by atoms with Crippen LogP contribution >= 0.6 is 22.6 Å². The van der Waals surface area contributed by atoms with E-state index < -0.39 is 0 Å². The van der Waals surface area contributed by atoms with E-state index in [0.29, 0.717) is 0 Å². The van der Waals surface area contributed by atoms with Gasteiger partial charge in [-0.1, -0.05) is 19.9 Å². The highest BCUT2D eigenvalue weighted by atomic mass is 127. The highest BCUT2D eigenvalue weighted by Gasteiger charge is 1.97. The fraction of sp³-hybridized carbons (Fsp3) is 0.400. The summed E-state index contributed by atoms with van der Waals surface area (Å²) in [4.78, 5) is 0. The quantitative estimate of drug-likeness (QED) is 0.715. The van der Waals surface area contributed by atoms with Gasteiger partial charge in [0.25, 0.3) is 0 Å². The maximum atomic E-state index is 2.36. The van der Waals surface area contributed by atoms with Crippen LogP contribution in [0.1, 0.15) is 25.0 Å². The van der Waals surface area contributed by atoms with Gasteiger partial charge in [0.1, 0.15) is 0 Å². The molecule has 0 aromatic heterocycles. The summed E-state index contributed by atoms with van der Waals surface area (Å²) in [5.41, 5.74) is 2.99. The van der Waals surface area contributed by atoms with Gasteiger partial charge < -0.3 is 0 Å². The Kier molecular flexibility index (Phi) is 3.37. The van der Waals surface area contributed by atoms with Crippen LogP contribution in [0.3, 0.4) is 0 Å². The molecule has 1 aromatic rings. The van der Waals surface area contributed by atoms with Gasteiger partial charge in [-0.15, -0.1) is 0 Å². The lowest BCUT2D eigenvalue weighted by atomic mass is 10.0. The molecule has 0 saturated heterocycles. The Morgan fingerprint density at radius 3 is 2.27 bits per heavy atom. The van der Waals surface area contributed by atoms with E-state index in [2.05, 4.69) is 54.6 Å². The van der Waals surface area contributed by atoms with Crippen molar-refractivity contribution >= 4 is 22.6 Å². The van der Waals surface area contributed by atoms with Gasteiger partial charge in [0.2, 0.25) is 0 Å². The van der Waals surface area contributed by atoms with Gasteiger partial charge in [0, 0.05) is 3.57 Å². The SMILES string of the molecule is CCc1ccc(I)cc1CC. The molecule has 0 fully saturated rings. The first-order chi connectivity index (χ1) is 5.27. The summed E-state index contributed by atoms with van der Waals surface area (Å²) in [5.74, 6) is 0. The zero-order chi connectivity index (χ0) is 8.27. The van der Waals surface area contributed by atoms with Gasteiger partial charge in [-0.2, -0.15) is 0 Å². The topological polar surface area (TPSA) is 0 Å². The van der Waals surface area contributed by atoms with Crippen molar-refractivity contribution in [2.45, 2.75) is 26.7 Å². The minimum absolute atomic E-state index is 1.15. The molecule has 0 amide bonds. The van der Waals surface area contributed by atoms with Crippen LogP contribution in [0.5, 0.6) is 0 Å². The van der Waals surface area contributed by atoms with Crippen LogP contribution in [0.4, 0.5) is 0 Å². The van der Waals surface area contributed by atoms with Gasteiger partial charge in [-0.25, -0.2) is 0 Å². The first kappa shape index (κ1) is 9.04. The minimum Gasteiger partial charge on any atom is -0.0613 e. The molecule has 11 heavy (non-hydrogen) atoms. The third-order valence-electron chi connectivity index (χ3n) is 1.93. The van der Waals surface area contributed by atoms with Gasteiger partial charge in [0.15, 0.2) is 0 Å². The van der Waals surface area contributed by atoms with E-state index in [4.69, 9.17) is 0 Å². The average molecular weight is 260 g/mol. The lowest BCUT2D eigenvalue weighted by Gasteiger charge is -2.04. The molecule has 1 rings (SSSR count). The van der Waals surface area contributed by atoms with Gasteiger partial charge in [-0.05, 0) is 58.7 Å². The molecule has 0 aliphatic heterocycles. The molecule has 0 spiro atoms. The fourth-order valence-electron chi connectivity index (χ4n) is 1.27. The van der Waals surface area contributed by atoms with Crippen molar-refractivity contribution < 1.29 is 0 Å². The Morgan fingerprint density at radius 2 is 1.73 bits per heavy atom. The maximum absolute atomic E-state index is 2.36. The molecule has 0 bridgehead atoms.